The molecular weight excluding hydrogens is 338 g/mol. The van der Waals surface area contributed by atoms with E-state index in [1.165, 1.54) is 0 Å². The molecule has 0 saturated heterocycles. The van der Waals surface area contributed by atoms with Crippen LogP contribution in [-0.4, -0.2) is 24.5 Å². The Morgan fingerprint density at radius 2 is 2.00 bits per heavy atom. The summed E-state index contributed by atoms with van der Waals surface area (Å²) < 4.78 is 5.27. The molecule has 1 aromatic heterocycles. The number of halogens is 1. The van der Waals surface area contributed by atoms with Gasteiger partial charge in [0.1, 0.15) is 5.75 Å². The molecule has 0 unspecified atom stereocenters. The zero-order chi connectivity index (χ0) is 17.4. The number of rotatable bonds is 3. The van der Waals surface area contributed by atoms with E-state index in [1.54, 1.807) is 36.4 Å². The highest BCUT2D eigenvalue weighted by Crippen LogP contribution is 2.30. The van der Waals surface area contributed by atoms with Crippen LogP contribution in [0, 0.1) is 0 Å². The SMILES string of the molecule is COc1ccc2cc3c(nc2c1)N(NC(=O)c1ccc(Cl)cc1)CC3. The Morgan fingerprint density at radius 1 is 1.20 bits per heavy atom. The number of nitrogens with zero attached hydrogens (tertiary/aromatic N) is 2. The van der Waals surface area contributed by atoms with Gasteiger partial charge in [-0.3, -0.25) is 15.2 Å². The van der Waals surface area contributed by atoms with Gasteiger partial charge in [0.2, 0.25) is 0 Å². The number of aromatic nitrogens is 1. The summed E-state index contributed by atoms with van der Waals surface area (Å²) in [6.45, 7) is 0.690. The van der Waals surface area contributed by atoms with E-state index < -0.39 is 0 Å². The molecule has 4 rings (SSSR count). The van der Waals surface area contributed by atoms with Crippen molar-refractivity contribution in [2.45, 2.75) is 6.42 Å². The van der Waals surface area contributed by atoms with Crippen LogP contribution in [0.25, 0.3) is 10.9 Å². The van der Waals surface area contributed by atoms with Gasteiger partial charge >= 0.3 is 0 Å². The molecule has 0 atom stereocenters. The summed E-state index contributed by atoms with van der Waals surface area (Å²) in [5.74, 6) is 1.36. The van der Waals surface area contributed by atoms with Gasteiger partial charge in [-0.2, -0.15) is 0 Å². The largest absolute Gasteiger partial charge is 0.497 e. The number of ether oxygens (including phenoxy) is 1. The van der Waals surface area contributed by atoms with Gasteiger partial charge in [0.05, 0.1) is 12.6 Å². The van der Waals surface area contributed by atoms with Crippen molar-refractivity contribution in [3.63, 3.8) is 0 Å². The lowest BCUT2D eigenvalue weighted by Crippen LogP contribution is -2.41. The van der Waals surface area contributed by atoms with Crippen molar-refractivity contribution in [3.8, 4) is 5.75 Å². The maximum absolute atomic E-state index is 12.4. The van der Waals surface area contributed by atoms with Crippen molar-refractivity contribution in [2.75, 3.05) is 18.7 Å². The normalized spacial score (nSPS) is 13.0. The Kier molecular flexibility index (Phi) is 3.93. The first-order chi connectivity index (χ1) is 12.1. The lowest BCUT2D eigenvalue weighted by atomic mass is 10.1. The zero-order valence-electron chi connectivity index (χ0n) is 13.6. The van der Waals surface area contributed by atoms with Crippen LogP contribution in [-0.2, 0) is 6.42 Å². The van der Waals surface area contributed by atoms with Crippen LogP contribution in [0.3, 0.4) is 0 Å². The fourth-order valence-electron chi connectivity index (χ4n) is 2.96. The summed E-state index contributed by atoms with van der Waals surface area (Å²) in [7, 11) is 1.63. The first-order valence-corrected chi connectivity index (χ1v) is 8.33. The molecule has 6 heteroatoms. The molecule has 1 N–H and O–H groups in total. The number of hydrazine groups is 1. The fourth-order valence-corrected chi connectivity index (χ4v) is 3.09. The summed E-state index contributed by atoms with van der Waals surface area (Å²) in [5.41, 5.74) is 5.44. The van der Waals surface area contributed by atoms with Gasteiger partial charge in [-0.05, 0) is 54.4 Å². The fraction of sp³-hybridized carbons (Fsp3) is 0.158. The van der Waals surface area contributed by atoms with E-state index in [1.807, 2.05) is 18.2 Å². The molecule has 0 saturated carbocycles. The predicted molar refractivity (Wildman–Crippen MR) is 98.3 cm³/mol. The van der Waals surface area contributed by atoms with Gasteiger partial charge in [0.25, 0.3) is 5.91 Å². The number of amides is 1. The minimum atomic E-state index is -0.183. The third kappa shape index (κ3) is 2.98. The maximum atomic E-state index is 12.4. The number of fused-ring (bicyclic) bond motifs is 2. The zero-order valence-corrected chi connectivity index (χ0v) is 14.4. The predicted octanol–water partition coefficient (Wildman–Crippen LogP) is 3.60. The molecule has 0 aliphatic carbocycles. The van der Waals surface area contributed by atoms with Gasteiger partial charge < -0.3 is 4.74 Å². The van der Waals surface area contributed by atoms with Crippen LogP contribution < -0.4 is 15.2 Å². The highest BCUT2D eigenvalue weighted by molar-refractivity contribution is 6.30. The standard InChI is InChI=1S/C19H16ClN3O2/c1-25-16-7-4-13-10-14-8-9-23(18(14)21-17(13)11-16)22-19(24)12-2-5-15(20)6-3-12/h2-7,10-11H,8-9H2,1H3,(H,22,24). The topological polar surface area (TPSA) is 54.5 Å². The molecule has 25 heavy (non-hydrogen) atoms. The third-order valence-electron chi connectivity index (χ3n) is 4.28. The van der Waals surface area contributed by atoms with Gasteiger partial charge in [0.15, 0.2) is 5.82 Å². The highest BCUT2D eigenvalue weighted by atomic mass is 35.5. The van der Waals surface area contributed by atoms with Crippen LogP contribution in [0.4, 0.5) is 5.82 Å². The molecule has 126 valence electrons. The number of hydrogen-bond acceptors (Lipinski definition) is 4. The van der Waals surface area contributed by atoms with E-state index in [0.29, 0.717) is 17.1 Å². The van der Waals surface area contributed by atoms with E-state index in [-0.39, 0.29) is 5.91 Å². The lowest BCUT2D eigenvalue weighted by molar-refractivity contribution is 0.0949. The van der Waals surface area contributed by atoms with Crippen LogP contribution in [0.15, 0.2) is 48.5 Å². The van der Waals surface area contributed by atoms with Gasteiger partial charge in [-0.25, -0.2) is 4.98 Å². The van der Waals surface area contributed by atoms with Crippen molar-refractivity contribution in [1.29, 1.82) is 0 Å². The van der Waals surface area contributed by atoms with Crippen LogP contribution in [0.5, 0.6) is 5.75 Å². The number of anilines is 1. The minimum Gasteiger partial charge on any atom is -0.497 e. The second kappa shape index (κ2) is 6.26. The van der Waals surface area contributed by atoms with Gasteiger partial charge in [-0.1, -0.05) is 11.6 Å². The molecule has 0 bridgehead atoms. The first-order valence-electron chi connectivity index (χ1n) is 7.96. The van der Waals surface area contributed by atoms with Crippen molar-refractivity contribution in [1.82, 2.24) is 10.4 Å². The summed E-state index contributed by atoms with van der Waals surface area (Å²) in [6.07, 6.45) is 0.838. The quantitative estimate of drug-likeness (QED) is 0.781. The van der Waals surface area contributed by atoms with Crippen LogP contribution in [0.2, 0.25) is 5.02 Å². The second-order valence-electron chi connectivity index (χ2n) is 5.88. The molecule has 2 aromatic carbocycles. The average Bonchev–Trinajstić information content (AvgIpc) is 3.01. The number of pyridine rings is 1. The van der Waals surface area contributed by atoms with Crippen LogP contribution in [0.1, 0.15) is 15.9 Å². The van der Waals surface area contributed by atoms with E-state index >= 15 is 0 Å². The number of hydrogen-bond donors (Lipinski definition) is 1. The Bertz CT molecular complexity index is 957. The monoisotopic (exact) mass is 353 g/mol. The molecule has 5 nitrogen and oxygen atoms in total. The van der Waals surface area contributed by atoms with Crippen molar-refractivity contribution in [3.05, 3.63) is 64.7 Å². The second-order valence-corrected chi connectivity index (χ2v) is 6.32. The molecule has 1 aliphatic rings. The number of carbonyl (C=O) groups is 1. The molecule has 2 heterocycles. The summed E-state index contributed by atoms with van der Waals surface area (Å²) >= 11 is 5.87. The van der Waals surface area contributed by atoms with Crippen LogP contribution >= 0.6 is 11.6 Å². The Labute approximate surface area is 150 Å². The van der Waals surface area contributed by atoms with Gasteiger partial charge in [-0.15, -0.1) is 0 Å². The van der Waals surface area contributed by atoms with E-state index in [4.69, 9.17) is 21.3 Å². The van der Waals surface area contributed by atoms with Crippen molar-refractivity contribution >= 4 is 34.2 Å². The molecular formula is C19H16ClN3O2. The minimum absolute atomic E-state index is 0.183. The Morgan fingerprint density at radius 3 is 2.76 bits per heavy atom. The maximum Gasteiger partial charge on any atom is 0.269 e. The molecule has 0 radical (unpaired) electrons. The number of nitrogens with one attached hydrogen (secondary N) is 1. The lowest BCUT2D eigenvalue weighted by Gasteiger charge is -2.19. The van der Waals surface area contributed by atoms with Crippen molar-refractivity contribution in [2.24, 2.45) is 0 Å². The summed E-state index contributed by atoms with van der Waals surface area (Å²) in [4.78, 5) is 17.2. The molecule has 3 aromatic rings. The van der Waals surface area contributed by atoms with Gasteiger partial charge in [0, 0.05) is 28.6 Å². The first kappa shape index (κ1) is 15.7. The molecule has 1 amide bonds. The number of carbonyl (C=O) groups excluding carboxylic acids is 1. The molecule has 0 fully saturated rings. The molecule has 0 spiro atoms. The van der Waals surface area contributed by atoms with E-state index in [2.05, 4.69) is 11.5 Å². The highest BCUT2D eigenvalue weighted by Gasteiger charge is 2.23. The summed E-state index contributed by atoms with van der Waals surface area (Å²) in [5, 5.41) is 3.46. The molecule has 1 aliphatic heterocycles. The third-order valence-corrected chi connectivity index (χ3v) is 4.54. The average molecular weight is 354 g/mol. The van der Waals surface area contributed by atoms with E-state index in [9.17, 15) is 4.79 Å². The van der Waals surface area contributed by atoms with Crippen molar-refractivity contribution < 1.29 is 9.53 Å². The Hall–Kier alpha value is -2.79. The Balaban J connectivity index is 1.63. The van der Waals surface area contributed by atoms with E-state index in [0.717, 1.165) is 34.5 Å². The smallest absolute Gasteiger partial charge is 0.269 e. The number of methoxy groups -OCH3 is 1. The summed E-state index contributed by atoms with van der Waals surface area (Å²) in [6, 6.07) is 14.7. The number of benzene rings is 2.